The van der Waals surface area contributed by atoms with Crippen molar-refractivity contribution in [2.45, 2.75) is 45.2 Å². The van der Waals surface area contributed by atoms with Crippen LogP contribution in [0.1, 0.15) is 36.8 Å². The summed E-state index contributed by atoms with van der Waals surface area (Å²) >= 11 is 0. The first-order valence-electron chi connectivity index (χ1n) is 12.1. The fourth-order valence-electron chi connectivity index (χ4n) is 5.32. The maximum atomic E-state index is 6.24. The van der Waals surface area contributed by atoms with E-state index in [4.69, 9.17) is 15.7 Å². The molecule has 0 radical (unpaired) electrons. The van der Waals surface area contributed by atoms with E-state index in [0.29, 0.717) is 0 Å². The number of hydrogen-bond acceptors (Lipinski definition) is 4. The van der Waals surface area contributed by atoms with Crippen LogP contribution in [-0.4, -0.2) is 43.1 Å². The number of aromatic nitrogens is 4. The molecule has 3 aromatic heterocycles. The zero-order valence-corrected chi connectivity index (χ0v) is 19.6. The molecule has 2 N–H and O–H groups in total. The van der Waals surface area contributed by atoms with Crippen LogP contribution in [0.15, 0.2) is 43.1 Å². The number of pyridine rings is 1. The quantitative estimate of drug-likeness (QED) is 0.488. The molecule has 170 valence electrons. The third-order valence-electron chi connectivity index (χ3n) is 7.40. The first-order chi connectivity index (χ1) is 16.0. The standard InChI is InChI=1S/C27H32N6/c1-17-12-24-23(14-22(17)18(2)32-11-5-7-21(28)16-32)30-27(31(24)3)25-13-20-6-4-10-29-26(20)33(25)15-19-8-9-19/h4,6,10,12-14,19,21H,2,5,7-9,11,15-16,28H2,1,3H3/t21-/m1/s1. The van der Waals surface area contributed by atoms with E-state index in [9.17, 15) is 0 Å². The topological polar surface area (TPSA) is 64.9 Å². The summed E-state index contributed by atoms with van der Waals surface area (Å²) in [5.74, 6) is 1.75. The van der Waals surface area contributed by atoms with Crippen LogP contribution in [0, 0.1) is 12.8 Å². The van der Waals surface area contributed by atoms with Crippen molar-refractivity contribution in [3.8, 4) is 11.5 Å². The van der Waals surface area contributed by atoms with Crippen molar-refractivity contribution in [3.05, 3.63) is 54.2 Å². The fourth-order valence-corrected chi connectivity index (χ4v) is 5.32. The average Bonchev–Trinajstić information content (AvgIpc) is 3.49. The van der Waals surface area contributed by atoms with E-state index in [1.807, 2.05) is 12.3 Å². The van der Waals surface area contributed by atoms with E-state index in [1.54, 1.807) is 0 Å². The molecule has 0 bridgehead atoms. The van der Waals surface area contributed by atoms with Crippen molar-refractivity contribution in [1.82, 2.24) is 24.0 Å². The number of fused-ring (bicyclic) bond motifs is 2. The zero-order valence-electron chi connectivity index (χ0n) is 19.6. The number of rotatable bonds is 5. The minimum Gasteiger partial charge on any atom is -0.370 e. The first kappa shape index (κ1) is 20.5. The van der Waals surface area contributed by atoms with Crippen LogP contribution in [0.25, 0.3) is 39.3 Å². The monoisotopic (exact) mass is 440 g/mol. The number of aryl methyl sites for hydroxylation is 2. The van der Waals surface area contributed by atoms with Crippen molar-refractivity contribution >= 4 is 27.8 Å². The van der Waals surface area contributed by atoms with Crippen molar-refractivity contribution in [3.63, 3.8) is 0 Å². The Hall–Kier alpha value is -3.12. The molecule has 1 aromatic carbocycles. The first-order valence-corrected chi connectivity index (χ1v) is 12.1. The van der Waals surface area contributed by atoms with Gasteiger partial charge >= 0.3 is 0 Å². The maximum absolute atomic E-state index is 6.24. The van der Waals surface area contributed by atoms with Crippen molar-refractivity contribution in [1.29, 1.82) is 0 Å². The van der Waals surface area contributed by atoms with E-state index < -0.39 is 0 Å². The van der Waals surface area contributed by atoms with Gasteiger partial charge in [-0.1, -0.05) is 6.58 Å². The number of benzene rings is 1. The summed E-state index contributed by atoms with van der Waals surface area (Å²) in [6.07, 6.45) is 6.71. The Morgan fingerprint density at radius 3 is 2.85 bits per heavy atom. The van der Waals surface area contributed by atoms with Crippen LogP contribution in [0.4, 0.5) is 0 Å². The number of nitrogens with zero attached hydrogens (tertiary/aromatic N) is 5. The predicted octanol–water partition coefficient (Wildman–Crippen LogP) is 4.70. The molecule has 4 aromatic rings. The van der Waals surface area contributed by atoms with Crippen LogP contribution in [0.2, 0.25) is 0 Å². The summed E-state index contributed by atoms with van der Waals surface area (Å²) < 4.78 is 4.60. The summed E-state index contributed by atoms with van der Waals surface area (Å²) in [6, 6.07) is 11.1. The highest BCUT2D eigenvalue weighted by atomic mass is 15.2. The molecule has 1 aliphatic heterocycles. The van der Waals surface area contributed by atoms with Gasteiger partial charge in [0.2, 0.25) is 0 Å². The smallest absolute Gasteiger partial charge is 0.157 e. The molecule has 4 heterocycles. The molecular formula is C27H32N6. The van der Waals surface area contributed by atoms with Crippen molar-refractivity contribution in [2.24, 2.45) is 18.7 Å². The van der Waals surface area contributed by atoms with Crippen LogP contribution in [0.5, 0.6) is 0 Å². The van der Waals surface area contributed by atoms with Gasteiger partial charge in [-0.2, -0.15) is 0 Å². The number of hydrogen-bond donors (Lipinski definition) is 1. The van der Waals surface area contributed by atoms with E-state index in [-0.39, 0.29) is 6.04 Å². The Bertz CT molecular complexity index is 1370. The van der Waals surface area contributed by atoms with Gasteiger partial charge in [-0.05, 0) is 74.4 Å². The Morgan fingerprint density at radius 2 is 2.06 bits per heavy atom. The second-order valence-corrected chi connectivity index (χ2v) is 9.95. The van der Waals surface area contributed by atoms with E-state index in [2.05, 4.69) is 58.8 Å². The van der Waals surface area contributed by atoms with E-state index >= 15 is 0 Å². The highest BCUT2D eigenvalue weighted by molar-refractivity contribution is 5.88. The summed E-state index contributed by atoms with van der Waals surface area (Å²) in [5, 5.41) is 1.17. The Morgan fingerprint density at radius 1 is 1.21 bits per heavy atom. The second-order valence-electron chi connectivity index (χ2n) is 9.95. The van der Waals surface area contributed by atoms with Crippen molar-refractivity contribution < 1.29 is 0 Å². The summed E-state index contributed by atoms with van der Waals surface area (Å²) in [4.78, 5) is 12.2. The normalized spacial score (nSPS) is 19.0. The lowest BCUT2D eigenvalue weighted by molar-refractivity contribution is 0.295. The molecule has 1 saturated heterocycles. The minimum absolute atomic E-state index is 0.225. The highest BCUT2D eigenvalue weighted by Gasteiger charge is 2.26. The maximum Gasteiger partial charge on any atom is 0.157 e. The molecule has 0 unspecified atom stereocenters. The summed E-state index contributed by atoms with van der Waals surface area (Å²) in [6.45, 7) is 9.52. The largest absolute Gasteiger partial charge is 0.370 e. The average molecular weight is 441 g/mol. The van der Waals surface area contributed by atoms with Crippen LogP contribution in [-0.2, 0) is 13.6 Å². The van der Waals surface area contributed by atoms with Gasteiger partial charge in [0.25, 0.3) is 0 Å². The van der Waals surface area contributed by atoms with Crippen LogP contribution < -0.4 is 5.73 Å². The van der Waals surface area contributed by atoms with Gasteiger partial charge in [0.1, 0.15) is 5.65 Å². The van der Waals surface area contributed by atoms with Gasteiger partial charge in [-0.3, -0.25) is 0 Å². The molecule has 33 heavy (non-hydrogen) atoms. The molecule has 2 aliphatic rings. The lowest BCUT2D eigenvalue weighted by Crippen LogP contribution is -2.41. The number of piperidine rings is 1. The van der Waals surface area contributed by atoms with E-state index in [0.717, 1.165) is 72.3 Å². The summed E-state index contributed by atoms with van der Waals surface area (Å²) in [7, 11) is 2.12. The highest BCUT2D eigenvalue weighted by Crippen LogP contribution is 2.36. The Kier molecular flexibility index (Phi) is 4.80. The SMILES string of the molecule is C=C(c1cc2nc(-c3cc4cccnc4n3CC3CC3)n(C)c2cc1C)N1CCC[C@@H](N)C1. The Balaban J connectivity index is 1.45. The number of nitrogens with two attached hydrogens (primary N) is 1. The Labute approximate surface area is 194 Å². The van der Waals surface area contributed by atoms with Crippen LogP contribution >= 0.6 is 0 Å². The number of imidazole rings is 1. The zero-order chi connectivity index (χ0) is 22.7. The molecular weight excluding hydrogens is 408 g/mol. The van der Waals surface area contributed by atoms with Crippen LogP contribution in [0.3, 0.4) is 0 Å². The van der Waals surface area contributed by atoms with Gasteiger partial charge in [0.15, 0.2) is 5.82 Å². The molecule has 6 heteroatoms. The van der Waals surface area contributed by atoms with Gasteiger partial charge in [0.05, 0.1) is 16.7 Å². The molecule has 1 aliphatic carbocycles. The van der Waals surface area contributed by atoms with Gasteiger partial charge < -0.3 is 19.8 Å². The lowest BCUT2D eigenvalue weighted by atomic mass is 10.0. The molecule has 2 fully saturated rings. The lowest BCUT2D eigenvalue weighted by Gasteiger charge is -2.34. The van der Waals surface area contributed by atoms with Gasteiger partial charge in [-0.15, -0.1) is 0 Å². The molecule has 6 rings (SSSR count). The summed E-state index contributed by atoms with van der Waals surface area (Å²) in [5.41, 5.74) is 14.0. The molecule has 0 spiro atoms. The molecule has 6 nitrogen and oxygen atoms in total. The van der Waals surface area contributed by atoms with Gasteiger partial charge in [0, 0.05) is 55.6 Å². The predicted molar refractivity (Wildman–Crippen MR) is 135 cm³/mol. The molecule has 0 amide bonds. The number of likely N-dealkylation sites (tertiary alicyclic amines) is 1. The third kappa shape index (κ3) is 3.53. The second kappa shape index (κ2) is 7.73. The van der Waals surface area contributed by atoms with Gasteiger partial charge in [-0.25, -0.2) is 9.97 Å². The van der Waals surface area contributed by atoms with Crippen molar-refractivity contribution in [2.75, 3.05) is 13.1 Å². The third-order valence-corrected chi connectivity index (χ3v) is 7.40. The molecule has 1 atom stereocenters. The molecule has 1 saturated carbocycles. The van der Waals surface area contributed by atoms with E-state index in [1.165, 1.54) is 29.4 Å². The fraction of sp³-hybridized carbons (Fsp3) is 0.407. The minimum atomic E-state index is 0.225.